The molecule has 0 spiro atoms. The quantitative estimate of drug-likeness (QED) is 0.375. The maximum absolute atomic E-state index is 11.6. The van der Waals surface area contributed by atoms with Crippen LogP contribution in [0.1, 0.15) is 43.2 Å². The highest BCUT2D eigenvalue weighted by Crippen LogP contribution is 2.61. The SMILES string of the molecule is CCNC(=NCC1C2Cc3ccccc3C12)N1CCC(CC(=O)NC)CC1.I. The van der Waals surface area contributed by atoms with Crippen molar-refractivity contribution in [2.45, 2.75) is 38.5 Å². The highest BCUT2D eigenvalue weighted by Gasteiger charge is 2.55. The van der Waals surface area contributed by atoms with Gasteiger partial charge in [-0.25, -0.2) is 0 Å². The number of nitrogens with one attached hydrogen (secondary N) is 2. The van der Waals surface area contributed by atoms with Crippen LogP contribution in [-0.2, 0) is 11.2 Å². The number of carbonyl (C=O) groups excluding carboxylic acids is 1. The number of aliphatic imine (C=N–C) groups is 1. The molecule has 1 saturated heterocycles. The first kappa shape index (κ1) is 21.4. The van der Waals surface area contributed by atoms with E-state index in [4.69, 9.17) is 4.99 Å². The number of halogens is 1. The number of hydrogen-bond acceptors (Lipinski definition) is 2. The second kappa shape index (κ2) is 9.46. The van der Waals surface area contributed by atoms with E-state index in [2.05, 4.69) is 46.7 Å². The van der Waals surface area contributed by atoms with Crippen molar-refractivity contribution >= 4 is 35.8 Å². The van der Waals surface area contributed by atoms with Crippen molar-refractivity contribution in [3.05, 3.63) is 35.4 Å². The van der Waals surface area contributed by atoms with Gasteiger partial charge < -0.3 is 15.5 Å². The Morgan fingerprint density at radius 2 is 2.00 bits per heavy atom. The Bertz CT molecular complexity index is 714. The summed E-state index contributed by atoms with van der Waals surface area (Å²) < 4.78 is 0. The average molecular weight is 496 g/mol. The third kappa shape index (κ3) is 4.47. The molecule has 1 aromatic carbocycles. The van der Waals surface area contributed by atoms with Crippen LogP contribution in [0, 0.1) is 17.8 Å². The first-order valence-corrected chi connectivity index (χ1v) is 10.5. The molecule has 1 heterocycles. The third-order valence-electron chi connectivity index (χ3n) is 6.66. The Kier molecular flexibility index (Phi) is 7.23. The van der Waals surface area contributed by atoms with Gasteiger partial charge in [0.15, 0.2) is 5.96 Å². The van der Waals surface area contributed by atoms with Crippen LogP contribution in [0.15, 0.2) is 29.3 Å². The molecular formula is C22H33IN4O. The number of piperidine rings is 1. The van der Waals surface area contributed by atoms with Gasteiger partial charge in [0, 0.05) is 39.6 Å². The summed E-state index contributed by atoms with van der Waals surface area (Å²) in [5.41, 5.74) is 3.13. The summed E-state index contributed by atoms with van der Waals surface area (Å²) in [7, 11) is 1.72. The van der Waals surface area contributed by atoms with Crippen molar-refractivity contribution in [1.82, 2.24) is 15.5 Å². The number of fused-ring (bicyclic) bond motifs is 3. The maximum atomic E-state index is 11.6. The number of amides is 1. The van der Waals surface area contributed by atoms with E-state index in [1.54, 1.807) is 18.2 Å². The molecular weight excluding hydrogens is 463 g/mol. The van der Waals surface area contributed by atoms with Gasteiger partial charge in [-0.3, -0.25) is 9.79 Å². The molecule has 0 radical (unpaired) electrons. The number of hydrogen-bond donors (Lipinski definition) is 2. The normalized spacial score (nSPS) is 26.1. The van der Waals surface area contributed by atoms with Crippen molar-refractivity contribution in [2.24, 2.45) is 22.7 Å². The van der Waals surface area contributed by atoms with Crippen LogP contribution in [0.5, 0.6) is 0 Å². The number of guanidine groups is 1. The molecule has 28 heavy (non-hydrogen) atoms. The highest BCUT2D eigenvalue weighted by atomic mass is 127. The monoisotopic (exact) mass is 496 g/mol. The van der Waals surface area contributed by atoms with Gasteiger partial charge in [0.25, 0.3) is 0 Å². The van der Waals surface area contributed by atoms with Gasteiger partial charge in [0.2, 0.25) is 5.91 Å². The van der Waals surface area contributed by atoms with Gasteiger partial charge >= 0.3 is 0 Å². The Balaban J connectivity index is 0.00000225. The summed E-state index contributed by atoms with van der Waals surface area (Å²) in [5, 5.41) is 6.23. The molecule has 154 valence electrons. The molecule has 5 nitrogen and oxygen atoms in total. The van der Waals surface area contributed by atoms with Crippen LogP contribution in [0.3, 0.4) is 0 Å². The van der Waals surface area contributed by atoms with E-state index in [1.165, 1.54) is 6.42 Å². The first-order chi connectivity index (χ1) is 13.2. The van der Waals surface area contributed by atoms with Crippen molar-refractivity contribution in [3.8, 4) is 0 Å². The van der Waals surface area contributed by atoms with E-state index in [9.17, 15) is 4.79 Å². The fourth-order valence-electron chi connectivity index (χ4n) is 5.06. The van der Waals surface area contributed by atoms with Crippen molar-refractivity contribution < 1.29 is 4.79 Å². The van der Waals surface area contributed by atoms with E-state index in [1.807, 2.05) is 0 Å². The summed E-state index contributed by atoms with van der Waals surface area (Å²) in [6.45, 7) is 5.96. The second-order valence-electron chi connectivity index (χ2n) is 8.26. The number of rotatable bonds is 5. The Morgan fingerprint density at radius 1 is 1.25 bits per heavy atom. The minimum atomic E-state index is 0. The zero-order chi connectivity index (χ0) is 18.8. The Morgan fingerprint density at radius 3 is 2.71 bits per heavy atom. The molecule has 4 rings (SSSR count). The zero-order valence-electron chi connectivity index (χ0n) is 17.0. The van der Waals surface area contributed by atoms with Crippen LogP contribution in [0.2, 0.25) is 0 Å². The second-order valence-corrected chi connectivity index (χ2v) is 8.26. The zero-order valence-corrected chi connectivity index (χ0v) is 19.3. The van der Waals surface area contributed by atoms with E-state index >= 15 is 0 Å². The molecule has 1 amide bonds. The maximum Gasteiger partial charge on any atom is 0.220 e. The molecule has 2 aliphatic carbocycles. The van der Waals surface area contributed by atoms with Gasteiger partial charge in [0.1, 0.15) is 0 Å². The van der Waals surface area contributed by atoms with Crippen molar-refractivity contribution in [3.63, 3.8) is 0 Å². The molecule has 1 saturated carbocycles. The summed E-state index contributed by atoms with van der Waals surface area (Å²) in [6, 6.07) is 8.93. The molecule has 3 unspecified atom stereocenters. The van der Waals surface area contributed by atoms with Crippen LogP contribution >= 0.6 is 24.0 Å². The van der Waals surface area contributed by atoms with Crippen LogP contribution in [0.4, 0.5) is 0 Å². The summed E-state index contributed by atoms with van der Waals surface area (Å²) >= 11 is 0. The standard InChI is InChI=1S/C22H32N4O.HI/c1-3-24-22(26-10-8-15(9-11-26)12-20(27)23-2)25-14-19-18-13-16-6-4-5-7-17(16)21(18)19;/h4-7,15,18-19,21H,3,8-14H2,1-2H3,(H,23,27)(H,24,25);1H. The largest absolute Gasteiger partial charge is 0.359 e. The summed E-state index contributed by atoms with van der Waals surface area (Å²) in [5.74, 6) is 4.00. The smallest absolute Gasteiger partial charge is 0.220 e. The van der Waals surface area contributed by atoms with Gasteiger partial charge in [-0.2, -0.15) is 0 Å². The Labute approximate surface area is 185 Å². The molecule has 1 aromatic rings. The van der Waals surface area contributed by atoms with E-state index in [-0.39, 0.29) is 29.9 Å². The molecule has 1 aliphatic heterocycles. The molecule has 0 bridgehead atoms. The molecule has 2 fully saturated rings. The van der Waals surface area contributed by atoms with E-state index in [0.717, 1.165) is 62.7 Å². The third-order valence-corrected chi connectivity index (χ3v) is 6.66. The lowest BCUT2D eigenvalue weighted by Gasteiger charge is -2.34. The molecule has 3 aliphatic rings. The first-order valence-electron chi connectivity index (χ1n) is 10.5. The number of benzene rings is 1. The minimum Gasteiger partial charge on any atom is -0.359 e. The molecule has 2 N–H and O–H groups in total. The topological polar surface area (TPSA) is 56.7 Å². The summed E-state index contributed by atoms with van der Waals surface area (Å²) in [4.78, 5) is 19.0. The molecule has 3 atom stereocenters. The predicted octanol–water partition coefficient (Wildman–Crippen LogP) is 3.00. The van der Waals surface area contributed by atoms with Gasteiger partial charge in [-0.05, 0) is 61.0 Å². The minimum absolute atomic E-state index is 0. The van der Waals surface area contributed by atoms with Crippen molar-refractivity contribution in [1.29, 1.82) is 0 Å². The van der Waals surface area contributed by atoms with Crippen LogP contribution in [0.25, 0.3) is 0 Å². The van der Waals surface area contributed by atoms with Gasteiger partial charge in [-0.15, -0.1) is 24.0 Å². The average Bonchev–Trinajstić information content (AvgIpc) is 3.23. The number of nitrogens with zero attached hydrogens (tertiary/aromatic N) is 2. The van der Waals surface area contributed by atoms with E-state index in [0.29, 0.717) is 12.3 Å². The van der Waals surface area contributed by atoms with Crippen LogP contribution in [-0.4, -0.2) is 50.0 Å². The fourth-order valence-corrected chi connectivity index (χ4v) is 5.06. The highest BCUT2D eigenvalue weighted by molar-refractivity contribution is 14.0. The van der Waals surface area contributed by atoms with Crippen molar-refractivity contribution in [2.75, 3.05) is 33.2 Å². The number of carbonyl (C=O) groups is 1. The van der Waals surface area contributed by atoms with Gasteiger partial charge in [-0.1, -0.05) is 24.3 Å². The fraction of sp³-hybridized carbons (Fsp3) is 0.636. The predicted molar refractivity (Wildman–Crippen MR) is 124 cm³/mol. The lowest BCUT2D eigenvalue weighted by atomic mass is 9.93. The Hall–Kier alpha value is -1.31. The van der Waals surface area contributed by atoms with E-state index < -0.39 is 0 Å². The number of likely N-dealkylation sites (tertiary alicyclic amines) is 1. The lowest BCUT2D eigenvalue weighted by Crippen LogP contribution is -2.46. The lowest BCUT2D eigenvalue weighted by molar-refractivity contribution is -0.121. The van der Waals surface area contributed by atoms with Crippen LogP contribution < -0.4 is 10.6 Å². The van der Waals surface area contributed by atoms with Gasteiger partial charge in [0.05, 0.1) is 0 Å². The summed E-state index contributed by atoms with van der Waals surface area (Å²) in [6.07, 6.45) is 4.03. The molecule has 0 aromatic heterocycles. The molecule has 6 heteroatoms.